The number of aromatic nitrogens is 3. The lowest BCUT2D eigenvalue weighted by atomic mass is 10.3. The molecule has 0 radical (unpaired) electrons. The van der Waals surface area contributed by atoms with E-state index in [1.165, 1.54) is 18.7 Å². The molecule has 2 rings (SSSR count). The molecule has 0 aliphatic heterocycles. The van der Waals surface area contributed by atoms with Gasteiger partial charge in [0, 0.05) is 18.0 Å². The lowest BCUT2D eigenvalue weighted by Gasteiger charge is -2.11. The van der Waals surface area contributed by atoms with Crippen LogP contribution in [0.4, 0.5) is 17.3 Å². The Hall–Kier alpha value is -2.94. The van der Waals surface area contributed by atoms with Gasteiger partial charge in [0.15, 0.2) is 11.6 Å². The molecule has 1 amide bonds. The highest BCUT2D eigenvalue weighted by atomic mass is 16.2. The van der Waals surface area contributed by atoms with Crippen molar-refractivity contribution in [3.63, 3.8) is 0 Å². The average Bonchev–Trinajstić information content (AvgIpc) is 2.47. The molecule has 0 saturated carbocycles. The minimum absolute atomic E-state index is 0.194. The zero-order valence-electron chi connectivity index (χ0n) is 9.79. The second-order valence-corrected chi connectivity index (χ2v) is 3.44. The van der Waals surface area contributed by atoms with Gasteiger partial charge in [0.2, 0.25) is 0 Å². The van der Waals surface area contributed by atoms with Gasteiger partial charge in [0.25, 0.3) is 5.91 Å². The number of hydrazine groups is 2. The molecule has 0 saturated heterocycles. The van der Waals surface area contributed by atoms with Gasteiger partial charge in [-0.2, -0.15) is 0 Å². The highest BCUT2D eigenvalue weighted by Crippen LogP contribution is 2.20. The maximum Gasteiger partial charge on any atom is 0.269 e. The van der Waals surface area contributed by atoms with E-state index in [1.807, 2.05) is 0 Å². The molecule has 9 nitrogen and oxygen atoms in total. The smallest absolute Gasteiger partial charge is 0.269 e. The van der Waals surface area contributed by atoms with Crippen LogP contribution in [0.25, 0.3) is 0 Å². The predicted molar refractivity (Wildman–Crippen MR) is 69.6 cm³/mol. The van der Waals surface area contributed by atoms with Crippen molar-refractivity contribution in [1.82, 2.24) is 20.4 Å². The van der Waals surface area contributed by atoms with E-state index in [4.69, 9.17) is 11.6 Å². The van der Waals surface area contributed by atoms with Crippen LogP contribution >= 0.6 is 0 Å². The molecule has 9 heteroatoms. The minimum Gasteiger partial charge on any atom is -0.393 e. The van der Waals surface area contributed by atoms with Crippen LogP contribution in [0.15, 0.2) is 30.9 Å². The Morgan fingerprint density at radius 3 is 2.53 bits per heavy atom. The number of amides is 1. The summed E-state index contributed by atoms with van der Waals surface area (Å²) in [6.45, 7) is 0. The van der Waals surface area contributed by atoms with Gasteiger partial charge in [-0.1, -0.05) is 0 Å². The Balaban J connectivity index is 2.05. The van der Waals surface area contributed by atoms with Gasteiger partial charge in [-0.3, -0.25) is 20.6 Å². The predicted octanol–water partition coefficient (Wildman–Crippen LogP) is -0.504. The number of nitrogens with zero attached hydrogens (tertiary/aromatic N) is 3. The first-order valence-electron chi connectivity index (χ1n) is 5.26. The molecule has 19 heavy (non-hydrogen) atoms. The Kier molecular flexibility index (Phi) is 3.69. The fraction of sp³-hybridized carbons (Fsp3) is 0. The first kappa shape index (κ1) is 12.5. The standard InChI is InChI=1S/C10H12N8O/c11-7-8(16-12)14-5-15-9(7)17-18-10(19)6-1-3-13-4-2-6/h1-5H,11-12H2,(H,18,19)(H2,14,15,16,17). The summed E-state index contributed by atoms with van der Waals surface area (Å²) in [6.07, 6.45) is 4.29. The quantitative estimate of drug-likeness (QED) is 0.365. The third-order valence-electron chi connectivity index (χ3n) is 2.26. The number of rotatable bonds is 4. The van der Waals surface area contributed by atoms with Crippen molar-refractivity contribution in [2.45, 2.75) is 0 Å². The maximum absolute atomic E-state index is 11.8. The topological polar surface area (TPSA) is 144 Å². The van der Waals surface area contributed by atoms with Gasteiger partial charge in [0.05, 0.1) is 0 Å². The maximum atomic E-state index is 11.8. The Morgan fingerprint density at radius 1 is 1.16 bits per heavy atom. The first-order valence-corrected chi connectivity index (χ1v) is 5.26. The van der Waals surface area contributed by atoms with Gasteiger partial charge in [-0.05, 0) is 12.1 Å². The summed E-state index contributed by atoms with van der Waals surface area (Å²) in [5.74, 6) is 5.38. The summed E-state index contributed by atoms with van der Waals surface area (Å²) >= 11 is 0. The van der Waals surface area contributed by atoms with E-state index in [-0.39, 0.29) is 23.2 Å². The fourth-order valence-electron chi connectivity index (χ4n) is 1.30. The first-order chi connectivity index (χ1) is 9.22. The Morgan fingerprint density at radius 2 is 1.84 bits per heavy atom. The van der Waals surface area contributed by atoms with E-state index in [9.17, 15) is 4.79 Å². The highest BCUT2D eigenvalue weighted by molar-refractivity contribution is 5.95. The number of nitrogens with two attached hydrogens (primary N) is 2. The molecule has 0 aliphatic rings. The van der Waals surface area contributed by atoms with Crippen molar-refractivity contribution in [3.8, 4) is 0 Å². The van der Waals surface area contributed by atoms with Crippen molar-refractivity contribution in [3.05, 3.63) is 36.4 Å². The highest BCUT2D eigenvalue weighted by Gasteiger charge is 2.08. The van der Waals surface area contributed by atoms with Crippen LogP contribution in [0.2, 0.25) is 0 Å². The monoisotopic (exact) mass is 260 g/mol. The van der Waals surface area contributed by atoms with E-state index in [0.29, 0.717) is 5.56 Å². The Bertz CT molecular complexity index is 573. The Labute approximate surface area is 108 Å². The van der Waals surface area contributed by atoms with Crippen LogP contribution in [-0.2, 0) is 0 Å². The van der Waals surface area contributed by atoms with E-state index in [2.05, 4.69) is 31.2 Å². The average molecular weight is 260 g/mol. The minimum atomic E-state index is -0.345. The molecule has 2 aromatic heterocycles. The number of nitrogens with one attached hydrogen (secondary N) is 3. The molecule has 0 fully saturated rings. The van der Waals surface area contributed by atoms with Crippen LogP contribution in [-0.4, -0.2) is 20.9 Å². The lowest BCUT2D eigenvalue weighted by Crippen LogP contribution is -2.30. The summed E-state index contributed by atoms with van der Waals surface area (Å²) in [6, 6.07) is 3.15. The number of pyridine rings is 1. The number of nitrogen functional groups attached to an aromatic ring is 2. The van der Waals surface area contributed by atoms with Gasteiger partial charge in [-0.25, -0.2) is 15.8 Å². The number of hydrogen-bond acceptors (Lipinski definition) is 8. The summed E-state index contributed by atoms with van der Waals surface area (Å²) in [5, 5.41) is 0. The van der Waals surface area contributed by atoms with E-state index >= 15 is 0 Å². The molecule has 0 bridgehead atoms. The molecule has 2 heterocycles. The lowest BCUT2D eigenvalue weighted by molar-refractivity contribution is 0.0962. The SMILES string of the molecule is NNc1ncnc(NNC(=O)c2ccncc2)c1N. The van der Waals surface area contributed by atoms with Crippen molar-refractivity contribution in [1.29, 1.82) is 0 Å². The van der Waals surface area contributed by atoms with Gasteiger partial charge in [-0.15, -0.1) is 0 Å². The zero-order valence-corrected chi connectivity index (χ0v) is 9.79. The second-order valence-electron chi connectivity index (χ2n) is 3.44. The number of anilines is 3. The van der Waals surface area contributed by atoms with Crippen LogP contribution in [0.5, 0.6) is 0 Å². The van der Waals surface area contributed by atoms with Gasteiger partial charge in [0.1, 0.15) is 12.0 Å². The van der Waals surface area contributed by atoms with Crippen LogP contribution < -0.4 is 27.9 Å². The summed E-state index contributed by atoms with van der Waals surface area (Å²) in [7, 11) is 0. The summed E-state index contributed by atoms with van der Waals surface area (Å²) in [4.78, 5) is 23.3. The molecule has 0 atom stereocenters. The summed E-state index contributed by atoms with van der Waals surface area (Å²) in [5.41, 5.74) is 13.7. The molecule has 7 N–H and O–H groups in total. The fourth-order valence-corrected chi connectivity index (χ4v) is 1.30. The van der Waals surface area contributed by atoms with Crippen molar-refractivity contribution < 1.29 is 4.79 Å². The second kappa shape index (κ2) is 5.60. The van der Waals surface area contributed by atoms with Crippen molar-refractivity contribution in [2.24, 2.45) is 5.84 Å². The van der Waals surface area contributed by atoms with E-state index in [0.717, 1.165) is 0 Å². The van der Waals surface area contributed by atoms with Crippen LogP contribution in [0.1, 0.15) is 10.4 Å². The number of hydrogen-bond donors (Lipinski definition) is 5. The van der Waals surface area contributed by atoms with Gasteiger partial charge >= 0.3 is 0 Å². The van der Waals surface area contributed by atoms with Gasteiger partial charge < -0.3 is 11.2 Å². The third kappa shape index (κ3) is 2.84. The number of carbonyl (C=O) groups excluding carboxylic acids is 1. The molecule has 0 aliphatic carbocycles. The van der Waals surface area contributed by atoms with Crippen molar-refractivity contribution in [2.75, 3.05) is 16.6 Å². The molecule has 0 unspecified atom stereocenters. The van der Waals surface area contributed by atoms with E-state index in [1.54, 1.807) is 12.1 Å². The molecule has 2 aromatic rings. The van der Waals surface area contributed by atoms with Crippen molar-refractivity contribution >= 4 is 23.2 Å². The molecule has 98 valence electrons. The van der Waals surface area contributed by atoms with Crippen LogP contribution in [0.3, 0.4) is 0 Å². The normalized spacial score (nSPS) is 9.74. The molecule has 0 aromatic carbocycles. The number of carbonyl (C=O) groups is 1. The molecular formula is C10H12N8O. The zero-order chi connectivity index (χ0) is 13.7. The third-order valence-corrected chi connectivity index (χ3v) is 2.26. The van der Waals surface area contributed by atoms with E-state index < -0.39 is 0 Å². The van der Waals surface area contributed by atoms with Crippen LogP contribution in [0, 0.1) is 0 Å². The molecular weight excluding hydrogens is 248 g/mol. The summed E-state index contributed by atoms with van der Waals surface area (Å²) < 4.78 is 0. The molecule has 0 spiro atoms. The largest absolute Gasteiger partial charge is 0.393 e.